The van der Waals surface area contributed by atoms with E-state index < -0.39 is 0 Å². The fourth-order valence-corrected chi connectivity index (χ4v) is 4.74. The molecule has 160 valence electrons. The molecular weight excluding hydrogens is 364 g/mol. The van der Waals surface area contributed by atoms with Crippen LogP contribution >= 0.6 is 0 Å². The van der Waals surface area contributed by atoms with E-state index in [1.165, 1.54) is 38.6 Å². The van der Waals surface area contributed by atoms with E-state index in [1.54, 1.807) is 6.33 Å². The van der Waals surface area contributed by atoms with Crippen LogP contribution in [0.4, 0.5) is 11.6 Å². The van der Waals surface area contributed by atoms with Crippen LogP contribution in [-0.2, 0) is 4.79 Å². The van der Waals surface area contributed by atoms with Gasteiger partial charge in [0.25, 0.3) is 0 Å². The summed E-state index contributed by atoms with van der Waals surface area (Å²) in [6.45, 7) is 7.30. The van der Waals surface area contributed by atoms with Crippen molar-refractivity contribution in [3.8, 4) is 0 Å². The molecule has 0 unspecified atom stereocenters. The van der Waals surface area contributed by atoms with Crippen molar-refractivity contribution in [1.29, 1.82) is 0 Å². The predicted molar refractivity (Wildman–Crippen MR) is 116 cm³/mol. The van der Waals surface area contributed by atoms with Crippen molar-refractivity contribution in [3.05, 3.63) is 12.4 Å². The van der Waals surface area contributed by atoms with Gasteiger partial charge in [0.2, 0.25) is 5.91 Å². The summed E-state index contributed by atoms with van der Waals surface area (Å²) in [5.41, 5.74) is 0. The highest BCUT2D eigenvalue weighted by Gasteiger charge is 2.25. The van der Waals surface area contributed by atoms with Crippen molar-refractivity contribution >= 4 is 17.5 Å². The second-order valence-corrected chi connectivity index (χ2v) is 8.90. The van der Waals surface area contributed by atoms with Crippen molar-refractivity contribution in [2.75, 3.05) is 42.9 Å². The van der Waals surface area contributed by atoms with Gasteiger partial charge in [-0.1, -0.05) is 6.92 Å². The van der Waals surface area contributed by atoms with E-state index in [2.05, 4.69) is 43.4 Å². The van der Waals surface area contributed by atoms with Crippen LogP contribution < -0.4 is 15.5 Å². The van der Waals surface area contributed by atoms with E-state index in [0.717, 1.165) is 50.7 Å². The largest absolute Gasteiger partial charge is 0.367 e. The number of anilines is 2. The molecule has 0 bridgehead atoms. The Kier molecular flexibility index (Phi) is 6.85. The van der Waals surface area contributed by atoms with E-state index >= 15 is 0 Å². The Morgan fingerprint density at radius 1 is 1.17 bits per heavy atom. The Morgan fingerprint density at radius 3 is 2.86 bits per heavy atom. The van der Waals surface area contributed by atoms with Crippen LogP contribution in [0.1, 0.15) is 58.3 Å². The lowest BCUT2D eigenvalue weighted by molar-refractivity contribution is -0.121. The van der Waals surface area contributed by atoms with Crippen LogP contribution in [0.25, 0.3) is 0 Å². The number of carbonyl (C=O) groups excluding carboxylic acids is 1. The first-order chi connectivity index (χ1) is 14.2. The van der Waals surface area contributed by atoms with Gasteiger partial charge in [0.15, 0.2) is 0 Å². The Hall–Kier alpha value is -1.89. The molecule has 1 aromatic rings. The minimum Gasteiger partial charge on any atom is -0.367 e. The second kappa shape index (κ2) is 9.74. The number of hydrogen-bond acceptors (Lipinski definition) is 6. The Morgan fingerprint density at radius 2 is 2.03 bits per heavy atom. The monoisotopic (exact) mass is 400 g/mol. The number of amides is 1. The summed E-state index contributed by atoms with van der Waals surface area (Å²) in [5, 5.41) is 6.64. The third-order valence-corrected chi connectivity index (χ3v) is 6.64. The van der Waals surface area contributed by atoms with Gasteiger partial charge in [-0.2, -0.15) is 0 Å². The zero-order valence-electron chi connectivity index (χ0n) is 17.8. The number of rotatable bonds is 9. The zero-order chi connectivity index (χ0) is 20.1. The van der Waals surface area contributed by atoms with Crippen LogP contribution in [0.2, 0.25) is 0 Å². The van der Waals surface area contributed by atoms with E-state index in [4.69, 9.17) is 0 Å². The summed E-state index contributed by atoms with van der Waals surface area (Å²) in [4.78, 5) is 26.1. The number of nitrogens with zero attached hydrogens (tertiary/aromatic N) is 4. The van der Waals surface area contributed by atoms with E-state index in [9.17, 15) is 4.79 Å². The Bertz CT molecular complexity index is 679. The molecule has 3 aliphatic rings. The minimum atomic E-state index is 0.211. The minimum absolute atomic E-state index is 0.211. The van der Waals surface area contributed by atoms with Crippen LogP contribution in [0.15, 0.2) is 12.4 Å². The number of carbonyl (C=O) groups is 1. The second-order valence-electron chi connectivity index (χ2n) is 8.90. The van der Waals surface area contributed by atoms with E-state index in [1.807, 2.05) is 0 Å². The maximum atomic E-state index is 12.4. The predicted octanol–water partition coefficient (Wildman–Crippen LogP) is 2.65. The molecule has 1 aliphatic carbocycles. The average molecular weight is 401 g/mol. The molecule has 7 nitrogen and oxygen atoms in total. The summed E-state index contributed by atoms with van der Waals surface area (Å²) in [7, 11) is 0. The fourth-order valence-electron chi connectivity index (χ4n) is 4.74. The molecule has 4 rings (SSSR count). The number of piperidine rings is 1. The van der Waals surface area contributed by atoms with Gasteiger partial charge >= 0.3 is 0 Å². The molecule has 7 heteroatoms. The summed E-state index contributed by atoms with van der Waals surface area (Å²) in [6.07, 6.45) is 10.6. The van der Waals surface area contributed by atoms with Gasteiger partial charge in [0.1, 0.15) is 18.0 Å². The van der Waals surface area contributed by atoms with E-state index in [0.29, 0.717) is 24.4 Å². The number of nitrogens with one attached hydrogen (secondary N) is 2. The molecule has 1 aromatic heterocycles. The molecule has 29 heavy (non-hydrogen) atoms. The first kappa shape index (κ1) is 20.4. The van der Waals surface area contributed by atoms with Crippen molar-refractivity contribution in [3.63, 3.8) is 0 Å². The standard InChI is InChI=1S/C22H36N6O/c1-2-27-11-4-6-19(27)14-23-22(29)10-7-17-5-3-12-28(15-17)21-13-20(24-16-25-21)26-18-8-9-18/h13,16-19H,2-12,14-15H2,1H3,(H,23,29)(H,24,25,26)/t17-,19+/m1/s1. The normalized spacial score (nSPS) is 25.2. The van der Waals surface area contributed by atoms with Crippen LogP contribution in [0.5, 0.6) is 0 Å². The van der Waals surface area contributed by atoms with Gasteiger partial charge in [-0.25, -0.2) is 9.97 Å². The molecule has 1 saturated carbocycles. The summed E-state index contributed by atoms with van der Waals surface area (Å²) in [6, 6.07) is 3.21. The highest BCUT2D eigenvalue weighted by Crippen LogP contribution is 2.28. The smallest absolute Gasteiger partial charge is 0.220 e. The highest BCUT2D eigenvalue weighted by molar-refractivity contribution is 5.75. The summed E-state index contributed by atoms with van der Waals surface area (Å²) in [5.74, 6) is 2.72. The number of likely N-dealkylation sites (N-methyl/N-ethyl adjacent to an activating group) is 1. The lowest BCUT2D eigenvalue weighted by Crippen LogP contribution is -2.40. The van der Waals surface area contributed by atoms with Gasteiger partial charge in [-0.3, -0.25) is 9.69 Å². The molecule has 2 N–H and O–H groups in total. The third-order valence-electron chi connectivity index (χ3n) is 6.64. The molecule has 2 saturated heterocycles. The van der Waals surface area contributed by atoms with E-state index in [-0.39, 0.29) is 5.91 Å². The fraction of sp³-hybridized carbons (Fsp3) is 0.773. The molecule has 3 heterocycles. The first-order valence-electron chi connectivity index (χ1n) is 11.6. The van der Waals surface area contributed by atoms with Crippen LogP contribution in [0, 0.1) is 5.92 Å². The van der Waals surface area contributed by atoms with Crippen LogP contribution in [-0.4, -0.2) is 65.6 Å². The topological polar surface area (TPSA) is 73.4 Å². The molecule has 3 fully saturated rings. The highest BCUT2D eigenvalue weighted by atomic mass is 16.1. The van der Waals surface area contributed by atoms with Gasteiger partial charge in [-0.05, 0) is 64.0 Å². The van der Waals surface area contributed by atoms with Gasteiger partial charge in [0.05, 0.1) is 0 Å². The molecule has 1 amide bonds. The van der Waals surface area contributed by atoms with Crippen molar-refractivity contribution in [2.45, 2.75) is 70.4 Å². The lowest BCUT2D eigenvalue weighted by Gasteiger charge is -2.33. The average Bonchev–Trinajstić information content (AvgIpc) is 3.44. The lowest BCUT2D eigenvalue weighted by atomic mass is 9.93. The van der Waals surface area contributed by atoms with Crippen molar-refractivity contribution < 1.29 is 4.79 Å². The number of aromatic nitrogens is 2. The Labute approximate surface area is 174 Å². The Balaban J connectivity index is 1.21. The quantitative estimate of drug-likeness (QED) is 0.664. The molecule has 0 radical (unpaired) electrons. The van der Waals surface area contributed by atoms with Crippen LogP contribution in [0.3, 0.4) is 0 Å². The molecule has 2 atom stereocenters. The van der Waals surface area contributed by atoms with Crippen molar-refractivity contribution in [1.82, 2.24) is 20.2 Å². The summed E-state index contributed by atoms with van der Waals surface area (Å²) >= 11 is 0. The molecule has 0 aromatic carbocycles. The maximum Gasteiger partial charge on any atom is 0.220 e. The van der Waals surface area contributed by atoms with Gasteiger partial charge < -0.3 is 15.5 Å². The molecular formula is C22H36N6O. The molecule has 2 aliphatic heterocycles. The van der Waals surface area contributed by atoms with Gasteiger partial charge in [0, 0.05) is 44.2 Å². The zero-order valence-corrected chi connectivity index (χ0v) is 17.8. The SMILES string of the molecule is CCN1CCC[C@H]1CNC(=O)CC[C@H]1CCCN(c2cc(NC3CC3)ncn2)C1. The number of hydrogen-bond donors (Lipinski definition) is 2. The maximum absolute atomic E-state index is 12.4. The first-order valence-corrected chi connectivity index (χ1v) is 11.6. The molecule has 0 spiro atoms. The van der Waals surface area contributed by atoms with Crippen molar-refractivity contribution in [2.24, 2.45) is 5.92 Å². The summed E-state index contributed by atoms with van der Waals surface area (Å²) < 4.78 is 0. The number of likely N-dealkylation sites (tertiary alicyclic amines) is 1. The third kappa shape index (κ3) is 5.81. The van der Waals surface area contributed by atoms with Gasteiger partial charge in [-0.15, -0.1) is 0 Å².